The van der Waals surface area contributed by atoms with E-state index < -0.39 is 5.60 Å². The molecule has 1 saturated heterocycles. The second-order valence-corrected chi connectivity index (χ2v) is 3.71. The molecule has 4 heteroatoms. The zero-order chi connectivity index (χ0) is 10.0. The lowest BCUT2D eigenvalue weighted by molar-refractivity contribution is -0.00909. The van der Waals surface area contributed by atoms with Crippen molar-refractivity contribution in [2.24, 2.45) is 0 Å². The van der Waals surface area contributed by atoms with E-state index in [2.05, 4.69) is 10.3 Å². The van der Waals surface area contributed by atoms with E-state index in [0.29, 0.717) is 25.4 Å². The van der Waals surface area contributed by atoms with Crippen molar-refractivity contribution in [3.8, 4) is 5.88 Å². The number of ether oxygens (including phenoxy) is 1. The zero-order valence-corrected chi connectivity index (χ0v) is 8.16. The maximum Gasteiger partial charge on any atom is 0.212 e. The molecular weight excluding hydrogens is 180 g/mol. The van der Waals surface area contributed by atoms with Crippen LogP contribution < -0.4 is 10.1 Å². The van der Waals surface area contributed by atoms with E-state index in [9.17, 15) is 5.11 Å². The van der Waals surface area contributed by atoms with Gasteiger partial charge in [-0.3, -0.25) is 0 Å². The second-order valence-electron chi connectivity index (χ2n) is 3.71. The molecule has 2 N–H and O–H groups in total. The molecule has 0 amide bonds. The minimum atomic E-state index is -0.573. The summed E-state index contributed by atoms with van der Waals surface area (Å²) in [4.78, 5) is 4.09. The number of methoxy groups -OCH3 is 1. The summed E-state index contributed by atoms with van der Waals surface area (Å²) in [6.45, 7) is 1.33. The number of aromatic nitrogens is 1. The molecule has 0 spiro atoms. The first-order valence-corrected chi connectivity index (χ1v) is 4.64. The van der Waals surface area contributed by atoms with Crippen LogP contribution in [-0.2, 0) is 6.42 Å². The molecule has 0 saturated carbocycles. The predicted molar refractivity (Wildman–Crippen MR) is 52.3 cm³/mol. The first-order valence-electron chi connectivity index (χ1n) is 4.64. The van der Waals surface area contributed by atoms with Crippen molar-refractivity contribution in [1.82, 2.24) is 10.3 Å². The lowest BCUT2D eigenvalue weighted by Crippen LogP contribution is -2.60. The minimum Gasteiger partial charge on any atom is -0.481 e. The van der Waals surface area contributed by atoms with Gasteiger partial charge in [-0.15, -0.1) is 0 Å². The Morgan fingerprint density at radius 3 is 2.79 bits per heavy atom. The van der Waals surface area contributed by atoms with Gasteiger partial charge in [-0.1, -0.05) is 6.07 Å². The number of nitrogens with one attached hydrogen (secondary N) is 1. The fourth-order valence-corrected chi connectivity index (χ4v) is 1.55. The second kappa shape index (κ2) is 3.55. The lowest BCUT2D eigenvalue weighted by atomic mass is 9.90. The van der Waals surface area contributed by atoms with Gasteiger partial charge < -0.3 is 15.2 Å². The van der Waals surface area contributed by atoms with Gasteiger partial charge in [0.15, 0.2) is 0 Å². The maximum atomic E-state index is 9.87. The Bertz CT molecular complexity index is 306. The monoisotopic (exact) mass is 194 g/mol. The van der Waals surface area contributed by atoms with Crippen molar-refractivity contribution in [2.75, 3.05) is 20.2 Å². The highest BCUT2D eigenvalue weighted by Crippen LogP contribution is 2.18. The van der Waals surface area contributed by atoms with E-state index >= 15 is 0 Å². The van der Waals surface area contributed by atoms with Crippen molar-refractivity contribution >= 4 is 0 Å². The summed E-state index contributed by atoms with van der Waals surface area (Å²) in [5.74, 6) is 0.604. The van der Waals surface area contributed by atoms with Gasteiger partial charge >= 0.3 is 0 Å². The third-order valence-electron chi connectivity index (χ3n) is 2.45. The lowest BCUT2D eigenvalue weighted by Gasteiger charge is -2.37. The van der Waals surface area contributed by atoms with Crippen LogP contribution in [0, 0.1) is 0 Å². The molecule has 1 aliphatic rings. The maximum absolute atomic E-state index is 9.87. The number of pyridine rings is 1. The molecule has 1 aliphatic heterocycles. The molecule has 2 heterocycles. The number of hydrogen-bond acceptors (Lipinski definition) is 4. The van der Waals surface area contributed by atoms with Crippen LogP contribution in [0.5, 0.6) is 5.88 Å². The van der Waals surface area contributed by atoms with Gasteiger partial charge in [0.2, 0.25) is 5.88 Å². The van der Waals surface area contributed by atoms with Crippen molar-refractivity contribution < 1.29 is 9.84 Å². The third kappa shape index (κ3) is 1.86. The SMILES string of the molecule is COc1ccc(CC2(O)CNC2)cn1. The fraction of sp³-hybridized carbons (Fsp3) is 0.500. The molecule has 0 radical (unpaired) electrons. The summed E-state index contributed by atoms with van der Waals surface area (Å²) in [5, 5.41) is 12.9. The number of rotatable bonds is 3. The summed E-state index contributed by atoms with van der Waals surface area (Å²) in [6, 6.07) is 3.74. The molecule has 4 nitrogen and oxygen atoms in total. The van der Waals surface area contributed by atoms with E-state index in [-0.39, 0.29) is 0 Å². The van der Waals surface area contributed by atoms with Crippen LogP contribution in [0.4, 0.5) is 0 Å². The van der Waals surface area contributed by atoms with Gasteiger partial charge in [0.05, 0.1) is 12.7 Å². The average Bonchev–Trinajstić information content (AvgIpc) is 2.17. The van der Waals surface area contributed by atoms with E-state index in [1.807, 2.05) is 12.1 Å². The van der Waals surface area contributed by atoms with Crippen molar-refractivity contribution in [3.05, 3.63) is 23.9 Å². The standard InChI is InChI=1S/C10H14N2O2/c1-14-9-3-2-8(5-12-9)4-10(13)6-11-7-10/h2-3,5,11,13H,4,6-7H2,1H3. The van der Waals surface area contributed by atoms with E-state index in [0.717, 1.165) is 5.56 Å². The Balaban J connectivity index is 2.02. The molecule has 76 valence electrons. The van der Waals surface area contributed by atoms with E-state index in [1.165, 1.54) is 0 Å². The number of β-amino-alcohol motifs (C(OH)–C–C–N with tert-alkyl or cyclic N) is 1. The highest BCUT2D eigenvalue weighted by molar-refractivity contribution is 5.20. The van der Waals surface area contributed by atoms with Crippen LogP contribution in [0.2, 0.25) is 0 Å². The largest absolute Gasteiger partial charge is 0.481 e. The highest BCUT2D eigenvalue weighted by atomic mass is 16.5. The van der Waals surface area contributed by atoms with Crippen LogP contribution in [-0.4, -0.2) is 35.9 Å². The van der Waals surface area contributed by atoms with E-state index in [1.54, 1.807) is 13.3 Å². The van der Waals surface area contributed by atoms with Gasteiger partial charge in [-0.2, -0.15) is 0 Å². The normalized spacial score (nSPS) is 18.7. The third-order valence-corrected chi connectivity index (χ3v) is 2.45. The first kappa shape index (κ1) is 9.43. The fourth-order valence-electron chi connectivity index (χ4n) is 1.55. The summed E-state index contributed by atoms with van der Waals surface area (Å²) in [7, 11) is 1.59. The van der Waals surface area contributed by atoms with Crippen LogP contribution in [0.1, 0.15) is 5.56 Å². The van der Waals surface area contributed by atoms with Gasteiger partial charge in [0, 0.05) is 31.8 Å². The molecule has 2 rings (SSSR count). The van der Waals surface area contributed by atoms with E-state index in [4.69, 9.17) is 4.74 Å². The predicted octanol–water partition coefficient (Wildman–Crippen LogP) is -0.0330. The molecule has 0 aromatic carbocycles. The summed E-state index contributed by atoms with van der Waals surface area (Å²) < 4.78 is 4.95. The smallest absolute Gasteiger partial charge is 0.212 e. The Hall–Kier alpha value is -1.13. The zero-order valence-electron chi connectivity index (χ0n) is 8.16. The van der Waals surface area contributed by atoms with Gasteiger partial charge in [0.1, 0.15) is 0 Å². The molecule has 0 aliphatic carbocycles. The molecule has 0 unspecified atom stereocenters. The molecule has 14 heavy (non-hydrogen) atoms. The summed E-state index contributed by atoms with van der Waals surface area (Å²) >= 11 is 0. The Morgan fingerprint density at radius 1 is 1.57 bits per heavy atom. The van der Waals surface area contributed by atoms with Crippen molar-refractivity contribution in [1.29, 1.82) is 0 Å². The van der Waals surface area contributed by atoms with Crippen LogP contribution >= 0.6 is 0 Å². The number of nitrogens with zero attached hydrogens (tertiary/aromatic N) is 1. The summed E-state index contributed by atoms with van der Waals surface area (Å²) in [6.07, 6.45) is 2.39. The van der Waals surface area contributed by atoms with Gasteiger partial charge in [0.25, 0.3) is 0 Å². The molecule has 0 bridgehead atoms. The summed E-state index contributed by atoms with van der Waals surface area (Å²) in [5.41, 5.74) is 0.464. The first-order chi connectivity index (χ1) is 6.72. The van der Waals surface area contributed by atoms with Crippen LogP contribution in [0.25, 0.3) is 0 Å². The molecule has 1 aromatic rings. The van der Waals surface area contributed by atoms with Gasteiger partial charge in [-0.05, 0) is 5.56 Å². The minimum absolute atomic E-state index is 0.573. The number of hydrogen-bond donors (Lipinski definition) is 2. The molecule has 0 atom stereocenters. The Labute approximate surface area is 82.9 Å². The molecule has 1 fully saturated rings. The highest BCUT2D eigenvalue weighted by Gasteiger charge is 2.34. The average molecular weight is 194 g/mol. The van der Waals surface area contributed by atoms with Crippen LogP contribution in [0.15, 0.2) is 18.3 Å². The van der Waals surface area contributed by atoms with Gasteiger partial charge in [-0.25, -0.2) is 4.98 Å². The Morgan fingerprint density at radius 2 is 2.36 bits per heavy atom. The molecular formula is C10H14N2O2. The molecule has 1 aromatic heterocycles. The quantitative estimate of drug-likeness (QED) is 0.709. The van der Waals surface area contributed by atoms with Crippen molar-refractivity contribution in [2.45, 2.75) is 12.0 Å². The topological polar surface area (TPSA) is 54.4 Å². The van der Waals surface area contributed by atoms with Crippen molar-refractivity contribution in [3.63, 3.8) is 0 Å². The Kier molecular flexibility index (Phi) is 2.39. The van der Waals surface area contributed by atoms with Crippen LogP contribution in [0.3, 0.4) is 0 Å². The number of aliphatic hydroxyl groups is 1.